The Morgan fingerprint density at radius 2 is 1.85 bits per heavy atom. The SMILES string of the molecule is CC(C)n1cncc1C(C)(C)N(C)C(=O)OC(C)(C)C. The number of carbonyl (C=O) groups excluding carboxylic acids is 1. The standard InChI is InChI=1S/C15H27N3O2/c1-11(2)18-10-16-9-12(18)15(6,7)17(8)13(19)20-14(3,4)5/h9-11H,1-8H3. The second kappa shape index (κ2) is 5.46. The number of aromatic nitrogens is 2. The molecule has 1 aromatic heterocycles. The van der Waals surface area contributed by atoms with E-state index in [0.717, 1.165) is 5.69 Å². The summed E-state index contributed by atoms with van der Waals surface area (Å²) in [5, 5.41) is 0. The molecule has 114 valence electrons. The van der Waals surface area contributed by atoms with E-state index in [2.05, 4.69) is 23.4 Å². The summed E-state index contributed by atoms with van der Waals surface area (Å²) < 4.78 is 7.51. The van der Waals surface area contributed by atoms with Gasteiger partial charge in [-0.1, -0.05) is 0 Å². The molecule has 0 aliphatic heterocycles. The zero-order valence-electron chi connectivity index (χ0n) is 13.9. The summed E-state index contributed by atoms with van der Waals surface area (Å²) in [4.78, 5) is 18.1. The highest BCUT2D eigenvalue weighted by atomic mass is 16.6. The fourth-order valence-corrected chi connectivity index (χ4v) is 1.92. The zero-order valence-corrected chi connectivity index (χ0v) is 13.9. The first-order valence-corrected chi connectivity index (χ1v) is 6.96. The summed E-state index contributed by atoms with van der Waals surface area (Å²) in [5.74, 6) is 0. The van der Waals surface area contributed by atoms with Gasteiger partial charge in [0.15, 0.2) is 0 Å². The van der Waals surface area contributed by atoms with Crippen LogP contribution in [-0.2, 0) is 10.3 Å². The normalized spacial score (nSPS) is 12.7. The van der Waals surface area contributed by atoms with Crippen molar-refractivity contribution in [2.75, 3.05) is 7.05 Å². The Labute approximate surface area is 121 Å². The van der Waals surface area contributed by atoms with Gasteiger partial charge >= 0.3 is 6.09 Å². The molecule has 5 nitrogen and oxygen atoms in total. The van der Waals surface area contributed by atoms with Crippen molar-refractivity contribution in [3.05, 3.63) is 18.2 Å². The van der Waals surface area contributed by atoms with Crippen LogP contribution in [-0.4, -0.2) is 33.2 Å². The summed E-state index contributed by atoms with van der Waals surface area (Å²) in [5.41, 5.74) is -0.0103. The maximum Gasteiger partial charge on any atom is 0.410 e. The summed E-state index contributed by atoms with van der Waals surface area (Å²) in [6, 6.07) is 0.291. The summed E-state index contributed by atoms with van der Waals surface area (Å²) in [6.07, 6.45) is 3.27. The van der Waals surface area contributed by atoms with E-state index in [9.17, 15) is 4.79 Å². The van der Waals surface area contributed by atoms with Gasteiger partial charge in [0, 0.05) is 13.1 Å². The van der Waals surface area contributed by atoms with Crippen molar-refractivity contribution in [3.8, 4) is 0 Å². The molecule has 0 spiro atoms. The van der Waals surface area contributed by atoms with Crippen LogP contribution in [0.2, 0.25) is 0 Å². The van der Waals surface area contributed by atoms with E-state index in [4.69, 9.17) is 4.74 Å². The topological polar surface area (TPSA) is 47.4 Å². The van der Waals surface area contributed by atoms with E-state index >= 15 is 0 Å². The number of ether oxygens (including phenoxy) is 1. The van der Waals surface area contributed by atoms with Gasteiger partial charge in [-0.05, 0) is 48.5 Å². The Bertz CT molecular complexity index is 470. The molecule has 0 aliphatic rings. The van der Waals surface area contributed by atoms with Gasteiger partial charge in [0.25, 0.3) is 0 Å². The highest BCUT2D eigenvalue weighted by Crippen LogP contribution is 2.29. The first kappa shape index (κ1) is 16.5. The van der Waals surface area contributed by atoms with Crippen molar-refractivity contribution >= 4 is 6.09 Å². The number of imidazole rings is 1. The molecule has 0 N–H and O–H groups in total. The molecule has 1 rings (SSSR count). The molecule has 0 fully saturated rings. The summed E-state index contributed by atoms with van der Waals surface area (Å²) in [6.45, 7) is 13.8. The van der Waals surface area contributed by atoms with Crippen LogP contribution in [0, 0.1) is 0 Å². The fraction of sp³-hybridized carbons (Fsp3) is 0.733. The van der Waals surface area contributed by atoms with Crippen LogP contribution in [0.1, 0.15) is 60.2 Å². The van der Waals surface area contributed by atoms with E-state index in [1.165, 1.54) is 0 Å². The lowest BCUT2D eigenvalue weighted by Gasteiger charge is -2.37. The maximum atomic E-state index is 12.3. The molecule has 1 amide bonds. The Hall–Kier alpha value is -1.52. The second-order valence-electron chi connectivity index (χ2n) is 6.88. The Kier molecular flexibility index (Phi) is 4.52. The van der Waals surface area contributed by atoms with Gasteiger partial charge in [0.05, 0.1) is 23.8 Å². The number of hydrogen-bond acceptors (Lipinski definition) is 3. The van der Waals surface area contributed by atoms with Crippen LogP contribution in [0.4, 0.5) is 4.79 Å². The van der Waals surface area contributed by atoms with E-state index in [-0.39, 0.29) is 6.09 Å². The van der Waals surface area contributed by atoms with E-state index in [1.54, 1.807) is 24.5 Å². The number of hydrogen-bond donors (Lipinski definition) is 0. The van der Waals surface area contributed by atoms with E-state index in [0.29, 0.717) is 6.04 Å². The molecular weight excluding hydrogens is 254 g/mol. The van der Waals surface area contributed by atoms with Gasteiger partial charge in [-0.25, -0.2) is 9.78 Å². The van der Waals surface area contributed by atoms with Crippen molar-refractivity contribution in [1.82, 2.24) is 14.5 Å². The van der Waals surface area contributed by atoms with Gasteiger partial charge in [0.1, 0.15) is 5.60 Å². The zero-order chi connectivity index (χ0) is 15.7. The minimum Gasteiger partial charge on any atom is -0.444 e. The quantitative estimate of drug-likeness (QED) is 0.851. The third-order valence-corrected chi connectivity index (χ3v) is 3.36. The van der Waals surface area contributed by atoms with Crippen molar-refractivity contribution in [3.63, 3.8) is 0 Å². The number of rotatable bonds is 3. The van der Waals surface area contributed by atoms with E-state index in [1.807, 2.05) is 34.6 Å². The van der Waals surface area contributed by atoms with Crippen LogP contribution < -0.4 is 0 Å². The third-order valence-electron chi connectivity index (χ3n) is 3.36. The first-order valence-electron chi connectivity index (χ1n) is 6.96. The number of carbonyl (C=O) groups is 1. The van der Waals surface area contributed by atoms with Crippen LogP contribution in [0.15, 0.2) is 12.5 Å². The Morgan fingerprint density at radius 1 is 1.30 bits per heavy atom. The highest BCUT2D eigenvalue weighted by molar-refractivity contribution is 5.69. The lowest BCUT2D eigenvalue weighted by atomic mass is 9.99. The molecular formula is C15H27N3O2. The molecule has 0 unspecified atom stereocenters. The predicted molar refractivity (Wildman–Crippen MR) is 79.6 cm³/mol. The van der Waals surface area contributed by atoms with Crippen molar-refractivity contribution in [1.29, 1.82) is 0 Å². The van der Waals surface area contributed by atoms with Crippen molar-refractivity contribution < 1.29 is 9.53 Å². The molecule has 20 heavy (non-hydrogen) atoms. The Morgan fingerprint density at radius 3 is 2.30 bits per heavy atom. The number of amides is 1. The average Bonchev–Trinajstić information content (AvgIpc) is 2.74. The van der Waals surface area contributed by atoms with Crippen LogP contribution in [0.5, 0.6) is 0 Å². The van der Waals surface area contributed by atoms with Gasteiger partial charge in [-0.15, -0.1) is 0 Å². The van der Waals surface area contributed by atoms with Gasteiger partial charge in [-0.2, -0.15) is 0 Å². The second-order valence-corrected chi connectivity index (χ2v) is 6.88. The molecule has 1 aromatic rings. The minimum atomic E-state index is -0.500. The van der Waals surface area contributed by atoms with Gasteiger partial charge in [-0.3, -0.25) is 0 Å². The molecule has 0 aliphatic carbocycles. The fourth-order valence-electron chi connectivity index (χ4n) is 1.92. The van der Waals surface area contributed by atoms with Crippen LogP contribution in [0.25, 0.3) is 0 Å². The third kappa shape index (κ3) is 3.52. The molecule has 0 saturated carbocycles. The highest BCUT2D eigenvalue weighted by Gasteiger charge is 2.35. The summed E-state index contributed by atoms with van der Waals surface area (Å²) in [7, 11) is 1.76. The molecule has 5 heteroatoms. The minimum absolute atomic E-state index is 0.291. The molecule has 0 aromatic carbocycles. The van der Waals surface area contributed by atoms with Crippen molar-refractivity contribution in [2.24, 2.45) is 0 Å². The molecule has 0 bridgehead atoms. The first-order chi connectivity index (χ1) is 8.97. The predicted octanol–water partition coefficient (Wildman–Crippen LogP) is 3.57. The van der Waals surface area contributed by atoms with Crippen molar-refractivity contribution in [2.45, 2.75) is 65.6 Å². The molecule has 0 atom stereocenters. The maximum absolute atomic E-state index is 12.3. The Balaban J connectivity index is 3.03. The average molecular weight is 281 g/mol. The smallest absolute Gasteiger partial charge is 0.410 e. The summed E-state index contributed by atoms with van der Waals surface area (Å²) >= 11 is 0. The van der Waals surface area contributed by atoms with Gasteiger partial charge < -0.3 is 14.2 Å². The molecule has 0 radical (unpaired) electrons. The molecule has 0 saturated heterocycles. The molecule has 1 heterocycles. The van der Waals surface area contributed by atoms with Crippen LogP contribution >= 0.6 is 0 Å². The largest absolute Gasteiger partial charge is 0.444 e. The monoisotopic (exact) mass is 281 g/mol. The van der Waals surface area contributed by atoms with E-state index < -0.39 is 11.1 Å². The lowest BCUT2D eigenvalue weighted by molar-refractivity contribution is 0.00899. The van der Waals surface area contributed by atoms with Gasteiger partial charge in [0.2, 0.25) is 0 Å². The van der Waals surface area contributed by atoms with Crippen LogP contribution in [0.3, 0.4) is 0 Å². The lowest BCUT2D eigenvalue weighted by Crippen LogP contribution is -2.46. The number of nitrogens with zero attached hydrogens (tertiary/aromatic N) is 3.